The van der Waals surface area contributed by atoms with Gasteiger partial charge in [0.2, 0.25) is 0 Å². The Morgan fingerprint density at radius 1 is 0.550 bits per heavy atom. The second kappa shape index (κ2) is 12.5. The first-order valence-electron chi connectivity index (χ1n) is 21.1. The number of para-hydroxylation sites is 2. The summed E-state index contributed by atoms with van der Waals surface area (Å²) in [4.78, 5) is 2.60. The first-order chi connectivity index (χ1) is 29.5. The summed E-state index contributed by atoms with van der Waals surface area (Å²) in [7, 11) is 0. The van der Waals surface area contributed by atoms with Crippen LogP contribution in [0.5, 0.6) is 0 Å². The van der Waals surface area contributed by atoms with Gasteiger partial charge in [0.25, 0.3) is 0 Å². The van der Waals surface area contributed by atoms with Crippen LogP contribution in [0.4, 0.5) is 11.4 Å². The average Bonchev–Trinajstić information content (AvgIpc) is 3.88. The van der Waals surface area contributed by atoms with Crippen LogP contribution in [0.2, 0.25) is 0 Å². The molecule has 3 aliphatic rings. The lowest BCUT2D eigenvalue weighted by Crippen LogP contribution is -2.25. The lowest BCUT2D eigenvalue weighted by Gasteiger charge is -2.36. The van der Waals surface area contributed by atoms with Crippen molar-refractivity contribution in [2.75, 3.05) is 4.90 Å². The number of hydrogen-bond acceptors (Lipinski definition) is 2. The van der Waals surface area contributed by atoms with Crippen LogP contribution in [0.15, 0.2) is 199 Å². The quantitative estimate of drug-likeness (QED) is 0.169. The summed E-state index contributed by atoms with van der Waals surface area (Å²) in [5.41, 5.74) is 19.4. The molecule has 3 heterocycles. The Morgan fingerprint density at radius 3 is 1.98 bits per heavy atom. The van der Waals surface area contributed by atoms with Crippen molar-refractivity contribution in [2.45, 2.75) is 31.6 Å². The van der Waals surface area contributed by atoms with E-state index in [0.29, 0.717) is 0 Å². The fourth-order valence-electron chi connectivity index (χ4n) is 11.0. The number of anilines is 2. The minimum atomic E-state index is -0.196. The van der Waals surface area contributed by atoms with Gasteiger partial charge in [-0.05, 0) is 106 Å². The Morgan fingerprint density at radius 2 is 1.20 bits per heavy atom. The lowest BCUT2D eigenvalue weighted by atomic mass is 9.75. The zero-order valence-corrected chi connectivity index (χ0v) is 34.3. The molecule has 3 heteroatoms. The molecule has 2 aromatic heterocycles. The summed E-state index contributed by atoms with van der Waals surface area (Å²) in [6.45, 7) is 4.91. The Hall–Kier alpha value is -6.94. The van der Waals surface area contributed by atoms with E-state index in [1.807, 2.05) is 11.3 Å². The summed E-state index contributed by atoms with van der Waals surface area (Å²) in [5, 5.41) is 5.29. The Bertz CT molecular complexity index is 3430. The molecule has 13 rings (SSSR count). The second-order valence-electron chi connectivity index (χ2n) is 17.3. The van der Waals surface area contributed by atoms with Gasteiger partial charge in [-0.15, -0.1) is 11.3 Å². The standard InChI is InChI=1S/C57H40N2S/c1-57(2)48-28-27-46-42-19-9-12-22-50(42)59-51-23-13-10-20-43(51)47-32-41(33-49(57)54(47)55(48)56(46)59)58(39-25-26-45-44-21-11-14-24-52(44)60-53(45)34-39)40-30-37(35-15-5-3-6-16-35)29-38(31-40)36-17-7-4-8-18-36/h3-31,33-34,47H,32H2,1-2H3. The van der Waals surface area contributed by atoms with E-state index in [4.69, 9.17) is 0 Å². The molecule has 0 N–H and O–H groups in total. The molecule has 60 heavy (non-hydrogen) atoms. The number of hydrogen-bond donors (Lipinski definition) is 0. The number of aromatic nitrogens is 1. The van der Waals surface area contributed by atoms with E-state index in [-0.39, 0.29) is 11.3 Å². The molecule has 2 nitrogen and oxygen atoms in total. The molecular formula is C57H40N2S. The molecule has 1 aliphatic heterocycles. The van der Waals surface area contributed by atoms with Crippen molar-refractivity contribution in [2.24, 2.45) is 0 Å². The molecule has 1 atom stereocenters. The van der Waals surface area contributed by atoms with Gasteiger partial charge in [0, 0.05) is 64.9 Å². The van der Waals surface area contributed by atoms with Gasteiger partial charge < -0.3 is 9.47 Å². The van der Waals surface area contributed by atoms with Crippen LogP contribution in [0.25, 0.3) is 75.5 Å². The molecule has 0 saturated carbocycles. The van der Waals surface area contributed by atoms with Crippen LogP contribution < -0.4 is 4.90 Å². The van der Waals surface area contributed by atoms with Crippen LogP contribution in [-0.2, 0) is 5.41 Å². The van der Waals surface area contributed by atoms with Crippen molar-refractivity contribution >= 4 is 70.3 Å². The summed E-state index contributed by atoms with van der Waals surface area (Å²) in [6, 6.07) is 68.0. The molecule has 0 bridgehead atoms. The van der Waals surface area contributed by atoms with Crippen molar-refractivity contribution in [3.63, 3.8) is 0 Å². The summed E-state index contributed by atoms with van der Waals surface area (Å²) in [6.07, 6.45) is 3.45. The zero-order chi connectivity index (χ0) is 39.7. The number of rotatable bonds is 5. The average molecular weight is 785 g/mol. The van der Waals surface area contributed by atoms with E-state index in [9.17, 15) is 0 Å². The number of nitrogens with zero attached hydrogens (tertiary/aromatic N) is 2. The maximum absolute atomic E-state index is 2.60. The van der Waals surface area contributed by atoms with Crippen molar-refractivity contribution in [3.05, 3.63) is 216 Å². The molecule has 0 radical (unpaired) electrons. The number of thiophene rings is 1. The van der Waals surface area contributed by atoms with Gasteiger partial charge in [-0.25, -0.2) is 0 Å². The van der Waals surface area contributed by atoms with Gasteiger partial charge in [-0.1, -0.05) is 147 Å². The Labute approximate surface area is 353 Å². The number of benzene rings is 8. The lowest BCUT2D eigenvalue weighted by molar-refractivity contribution is 0.644. The van der Waals surface area contributed by atoms with E-state index in [2.05, 4.69) is 211 Å². The smallest absolute Gasteiger partial charge is 0.0619 e. The third-order valence-electron chi connectivity index (χ3n) is 13.7. The second-order valence-corrected chi connectivity index (χ2v) is 18.3. The molecular weight excluding hydrogens is 745 g/mol. The maximum Gasteiger partial charge on any atom is 0.0619 e. The Kier molecular flexibility index (Phi) is 7.10. The predicted octanol–water partition coefficient (Wildman–Crippen LogP) is 15.8. The SMILES string of the molecule is CC1(C)C2=C3c4c1ccc1c5ccccc5n(c41)-c1ccccc1C3CC(N(c1cc(-c3ccccc3)cc(-c3ccccc3)c1)c1ccc3c(c1)sc1ccccc13)=C2. The molecule has 0 saturated heterocycles. The highest BCUT2D eigenvalue weighted by Crippen LogP contribution is 2.61. The summed E-state index contributed by atoms with van der Waals surface area (Å²) >= 11 is 1.89. The van der Waals surface area contributed by atoms with Gasteiger partial charge in [0.05, 0.1) is 16.7 Å². The third kappa shape index (κ3) is 4.75. The summed E-state index contributed by atoms with van der Waals surface area (Å²) < 4.78 is 5.22. The minimum absolute atomic E-state index is 0.169. The molecule has 0 spiro atoms. The highest BCUT2D eigenvalue weighted by molar-refractivity contribution is 7.25. The molecule has 2 aliphatic carbocycles. The fourth-order valence-corrected chi connectivity index (χ4v) is 12.1. The van der Waals surface area contributed by atoms with Crippen LogP contribution >= 0.6 is 11.3 Å². The fraction of sp³-hybridized carbons (Fsp3) is 0.0877. The predicted molar refractivity (Wildman–Crippen MR) is 255 cm³/mol. The number of fused-ring (bicyclic) bond motifs is 9. The van der Waals surface area contributed by atoms with Gasteiger partial charge in [0.15, 0.2) is 0 Å². The highest BCUT2D eigenvalue weighted by atomic mass is 32.1. The number of allylic oxidation sites excluding steroid dienone is 4. The van der Waals surface area contributed by atoms with Gasteiger partial charge in [0.1, 0.15) is 0 Å². The van der Waals surface area contributed by atoms with E-state index in [0.717, 1.165) is 6.42 Å². The highest BCUT2D eigenvalue weighted by Gasteiger charge is 2.46. The monoisotopic (exact) mass is 784 g/mol. The molecule has 284 valence electrons. The van der Waals surface area contributed by atoms with E-state index < -0.39 is 0 Å². The van der Waals surface area contributed by atoms with Crippen LogP contribution in [0.3, 0.4) is 0 Å². The van der Waals surface area contributed by atoms with Crippen LogP contribution in [0.1, 0.15) is 42.9 Å². The molecule has 8 aromatic carbocycles. The van der Waals surface area contributed by atoms with E-state index >= 15 is 0 Å². The minimum Gasteiger partial charge on any atom is -0.314 e. The van der Waals surface area contributed by atoms with Crippen molar-refractivity contribution in [1.29, 1.82) is 0 Å². The van der Waals surface area contributed by atoms with Gasteiger partial charge in [-0.2, -0.15) is 0 Å². The first kappa shape index (κ1) is 34.0. The van der Waals surface area contributed by atoms with Crippen molar-refractivity contribution in [1.82, 2.24) is 4.57 Å². The van der Waals surface area contributed by atoms with Gasteiger partial charge in [-0.3, -0.25) is 0 Å². The molecule has 10 aromatic rings. The first-order valence-corrected chi connectivity index (χ1v) is 21.9. The van der Waals surface area contributed by atoms with E-state index in [1.54, 1.807) is 0 Å². The van der Waals surface area contributed by atoms with Crippen LogP contribution in [-0.4, -0.2) is 4.57 Å². The van der Waals surface area contributed by atoms with Crippen LogP contribution in [0, 0.1) is 0 Å². The van der Waals surface area contributed by atoms with E-state index in [1.165, 1.54) is 115 Å². The maximum atomic E-state index is 2.60. The topological polar surface area (TPSA) is 8.17 Å². The third-order valence-corrected chi connectivity index (χ3v) is 14.8. The largest absolute Gasteiger partial charge is 0.314 e. The normalized spacial score (nSPS) is 16.1. The van der Waals surface area contributed by atoms with Crippen molar-refractivity contribution < 1.29 is 0 Å². The molecule has 1 unspecified atom stereocenters. The zero-order valence-electron chi connectivity index (χ0n) is 33.5. The molecule has 0 fully saturated rings. The summed E-state index contributed by atoms with van der Waals surface area (Å²) in [5.74, 6) is 0.169. The van der Waals surface area contributed by atoms with Gasteiger partial charge >= 0.3 is 0 Å². The van der Waals surface area contributed by atoms with Crippen molar-refractivity contribution in [3.8, 4) is 27.9 Å². The Balaban J connectivity index is 1.11. The molecule has 0 amide bonds.